The van der Waals surface area contributed by atoms with Crippen LogP contribution in [-0.2, 0) is 6.54 Å². The highest BCUT2D eigenvalue weighted by molar-refractivity contribution is 7.14. The number of nitrogens with zero attached hydrogens (tertiary/aromatic N) is 4. The van der Waals surface area contributed by atoms with Crippen LogP contribution in [0.1, 0.15) is 0 Å². The third-order valence-corrected chi connectivity index (χ3v) is 3.69. The Morgan fingerprint density at radius 3 is 3.11 bits per heavy atom. The van der Waals surface area contributed by atoms with E-state index in [1.54, 1.807) is 15.9 Å². The number of hydrogen-bond acceptors (Lipinski definition) is 4. The molecule has 6 nitrogen and oxygen atoms in total. The van der Waals surface area contributed by atoms with Crippen molar-refractivity contribution in [3.8, 4) is 0 Å². The van der Waals surface area contributed by atoms with Crippen LogP contribution < -0.4 is 5.32 Å². The molecule has 2 aromatic rings. The first-order chi connectivity index (χ1) is 8.81. The first kappa shape index (κ1) is 11.2. The maximum atomic E-state index is 11.8. The van der Waals surface area contributed by atoms with Gasteiger partial charge in [0, 0.05) is 25.6 Å². The first-order valence-corrected chi connectivity index (χ1v) is 6.61. The van der Waals surface area contributed by atoms with Gasteiger partial charge >= 0.3 is 6.03 Å². The van der Waals surface area contributed by atoms with Crippen LogP contribution in [-0.4, -0.2) is 38.8 Å². The number of aromatic nitrogens is 3. The molecule has 0 aliphatic carbocycles. The van der Waals surface area contributed by atoms with Crippen molar-refractivity contribution >= 4 is 22.4 Å². The monoisotopic (exact) mass is 263 g/mol. The summed E-state index contributed by atoms with van der Waals surface area (Å²) in [6, 6.07) is 3.80. The standard InChI is InChI=1S/C11H13N5OS/c17-11(14-10-2-1-3-18-10)15-4-9(5-15)6-16-8-12-7-13-16/h1-3,7-9H,4-6H2,(H,14,17). The maximum Gasteiger partial charge on any atom is 0.322 e. The molecule has 3 heterocycles. The van der Waals surface area contributed by atoms with Gasteiger partial charge in [0.25, 0.3) is 0 Å². The number of carbonyl (C=O) groups excluding carboxylic acids is 1. The molecule has 0 bridgehead atoms. The Bertz CT molecular complexity index is 504. The Balaban J connectivity index is 1.45. The van der Waals surface area contributed by atoms with E-state index in [0.29, 0.717) is 5.92 Å². The molecule has 0 atom stereocenters. The number of nitrogens with one attached hydrogen (secondary N) is 1. The zero-order chi connectivity index (χ0) is 12.4. The summed E-state index contributed by atoms with van der Waals surface area (Å²) < 4.78 is 1.80. The van der Waals surface area contributed by atoms with Crippen molar-refractivity contribution in [3.63, 3.8) is 0 Å². The van der Waals surface area contributed by atoms with Gasteiger partial charge in [0.2, 0.25) is 0 Å². The predicted molar refractivity (Wildman–Crippen MR) is 68.4 cm³/mol. The molecule has 18 heavy (non-hydrogen) atoms. The van der Waals surface area contributed by atoms with Crippen LogP contribution >= 0.6 is 11.3 Å². The number of urea groups is 1. The molecule has 3 rings (SSSR count). The van der Waals surface area contributed by atoms with Gasteiger partial charge in [0.15, 0.2) is 0 Å². The summed E-state index contributed by atoms with van der Waals surface area (Å²) in [4.78, 5) is 17.5. The highest BCUT2D eigenvalue weighted by atomic mass is 32.1. The summed E-state index contributed by atoms with van der Waals surface area (Å²) in [5.41, 5.74) is 0. The van der Waals surface area contributed by atoms with E-state index < -0.39 is 0 Å². The lowest BCUT2D eigenvalue weighted by Crippen LogP contribution is -2.52. The quantitative estimate of drug-likeness (QED) is 0.913. The molecule has 0 unspecified atom stereocenters. The smallest absolute Gasteiger partial charge is 0.322 e. The summed E-state index contributed by atoms with van der Waals surface area (Å²) in [5.74, 6) is 0.473. The van der Waals surface area contributed by atoms with Gasteiger partial charge in [-0.1, -0.05) is 0 Å². The minimum atomic E-state index is -0.0210. The average molecular weight is 263 g/mol. The zero-order valence-electron chi connectivity index (χ0n) is 9.69. The molecule has 0 saturated carbocycles. The fourth-order valence-electron chi connectivity index (χ4n) is 1.98. The first-order valence-electron chi connectivity index (χ1n) is 5.73. The zero-order valence-corrected chi connectivity index (χ0v) is 10.5. The van der Waals surface area contributed by atoms with Gasteiger partial charge in [-0.3, -0.25) is 10.00 Å². The topological polar surface area (TPSA) is 63.1 Å². The van der Waals surface area contributed by atoms with Crippen LogP contribution in [0.2, 0.25) is 0 Å². The van der Waals surface area contributed by atoms with Crippen LogP contribution in [0.5, 0.6) is 0 Å². The fraction of sp³-hybridized carbons (Fsp3) is 0.364. The van der Waals surface area contributed by atoms with Crippen LogP contribution in [0, 0.1) is 5.92 Å². The summed E-state index contributed by atoms with van der Waals surface area (Å²) in [6.07, 6.45) is 3.23. The van der Waals surface area contributed by atoms with Gasteiger partial charge in [0.05, 0.1) is 5.00 Å². The number of rotatable bonds is 3. The molecule has 2 aromatic heterocycles. The molecule has 1 aliphatic rings. The van der Waals surface area contributed by atoms with E-state index in [4.69, 9.17) is 0 Å². The average Bonchev–Trinajstić information content (AvgIpc) is 2.94. The van der Waals surface area contributed by atoms with Crippen molar-refractivity contribution in [3.05, 3.63) is 30.2 Å². The predicted octanol–water partition coefficient (Wildman–Crippen LogP) is 1.50. The summed E-state index contributed by atoms with van der Waals surface area (Å²) in [5, 5.41) is 9.76. The van der Waals surface area contributed by atoms with Crippen molar-refractivity contribution in [1.82, 2.24) is 19.7 Å². The Hall–Kier alpha value is -1.89. The van der Waals surface area contributed by atoms with Crippen LogP contribution in [0.4, 0.5) is 9.80 Å². The molecule has 0 spiro atoms. The van der Waals surface area contributed by atoms with E-state index in [-0.39, 0.29) is 6.03 Å². The minimum absolute atomic E-state index is 0.0210. The third-order valence-electron chi connectivity index (χ3n) is 2.91. The Morgan fingerprint density at radius 2 is 2.44 bits per heavy atom. The van der Waals surface area contributed by atoms with Crippen molar-refractivity contribution in [2.75, 3.05) is 18.4 Å². The van der Waals surface area contributed by atoms with E-state index in [0.717, 1.165) is 24.6 Å². The van der Waals surface area contributed by atoms with Gasteiger partial charge < -0.3 is 4.90 Å². The molecule has 1 N–H and O–H groups in total. The van der Waals surface area contributed by atoms with Gasteiger partial charge in [-0.15, -0.1) is 11.3 Å². The molecule has 7 heteroatoms. The van der Waals surface area contributed by atoms with Gasteiger partial charge in [-0.25, -0.2) is 9.78 Å². The van der Waals surface area contributed by atoms with Crippen LogP contribution in [0.15, 0.2) is 30.2 Å². The molecule has 1 fully saturated rings. The molecule has 0 aromatic carbocycles. The molecular formula is C11H13N5OS. The van der Waals surface area contributed by atoms with E-state index in [2.05, 4.69) is 15.4 Å². The number of thiophene rings is 1. The van der Waals surface area contributed by atoms with E-state index in [1.807, 2.05) is 17.5 Å². The van der Waals surface area contributed by atoms with Crippen molar-refractivity contribution in [2.45, 2.75) is 6.54 Å². The number of anilines is 1. The third kappa shape index (κ3) is 2.35. The maximum absolute atomic E-state index is 11.8. The van der Waals surface area contributed by atoms with Gasteiger partial charge in [0.1, 0.15) is 12.7 Å². The van der Waals surface area contributed by atoms with Crippen LogP contribution in [0.3, 0.4) is 0 Å². The summed E-state index contributed by atoms with van der Waals surface area (Å²) in [6.45, 7) is 2.37. The molecule has 1 aliphatic heterocycles. The second kappa shape index (κ2) is 4.77. The second-order valence-electron chi connectivity index (χ2n) is 4.30. The minimum Gasteiger partial charge on any atom is -0.324 e. The number of carbonyl (C=O) groups is 1. The highest BCUT2D eigenvalue weighted by Gasteiger charge is 2.31. The van der Waals surface area contributed by atoms with Crippen LogP contribution in [0.25, 0.3) is 0 Å². The summed E-state index contributed by atoms with van der Waals surface area (Å²) in [7, 11) is 0. The fourth-order valence-corrected chi connectivity index (χ4v) is 2.58. The lowest BCUT2D eigenvalue weighted by atomic mass is 10.0. The molecular weight excluding hydrogens is 250 g/mol. The van der Waals surface area contributed by atoms with Gasteiger partial charge in [-0.2, -0.15) is 5.10 Å². The molecule has 2 amide bonds. The van der Waals surface area contributed by atoms with E-state index >= 15 is 0 Å². The summed E-state index contributed by atoms with van der Waals surface area (Å²) >= 11 is 1.53. The Kier molecular flexibility index (Phi) is 2.97. The van der Waals surface area contributed by atoms with Gasteiger partial charge in [-0.05, 0) is 17.5 Å². The number of amides is 2. The number of likely N-dealkylation sites (tertiary alicyclic amines) is 1. The highest BCUT2D eigenvalue weighted by Crippen LogP contribution is 2.20. The Morgan fingerprint density at radius 1 is 1.56 bits per heavy atom. The second-order valence-corrected chi connectivity index (χ2v) is 5.24. The van der Waals surface area contributed by atoms with Crippen molar-refractivity contribution in [1.29, 1.82) is 0 Å². The number of hydrogen-bond donors (Lipinski definition) is 1. The lowest BCUT2D eigenvalue weighted by Gasteiger charge is -2.38. The van der Waals surface area contributed by atoms with E-state index in [9.17, 15) is 4.79 Å². The van der Waals surface area contributed by atoms with Crippen molar-refractivity contribution < 1.29 is 4.79 Å². The van der Waals surface area contributed by atoms with Crippen molar-refractivity contribution in [2.24, 2.45) is 5.92 Å². The molecule has 94 valence electrons. The normalized spacial score (nSPS) is 15.4. The lowest BCUT2D eigenvalue weighted by molar-refractivity contribution is 0.117. The Labute approximate surface area is 108 Å². The molecule has 0 radical (unpaired) electrons. The molecule has 1 saturated heterocycles. The van der Waals surface area contributed by atoms with E-state index in [1.165, 1.54) is 17.7 Å². The largest absolute Gasteiger partial charge is 0.324 e. The SMILES string of the molecule is O=C(Nc1cccs1)N1CC(Cn2cncn2)C1.